The Morgan fingerprint density at radius 3 is 1.24 bits per heavy atom. The lowest BCUT2D eigenvalue weighted by atomic mass is 10.0. The van der Waals surface area contributed by atoms with Crippen molar-refractivity contribution in [3.05, 3.63) is 85.1 Å². The number of aliphatic hydroxyl groups is 2. The molecule has 0 aliphatic rings. The number of nitrogens with one attached hydrogen (secondary N) is 1. The molecule has 380 valence electrons. The molecule has 66 heavy (non-hydrogen) atoms. The van der Waals surface area contributed by atoms with Crippen molar-refractivity contribution < 1.29 is 24.5 Å². The van der Waals surface area contributed by atoms with Gasteiger partial charge in [-0.15, -0.1) is 0 Å². The first kappa shape index (κ1) is 63.0. The number of carbonyl (C=O) groups excluding carboxylic acids is 2. The van der Waals surface area contributed by atoms with Crippen LogP contribution in [0.2, 0.25) is 0 Å². The Morgan fingerprint density at radius 2 is 0.818 bits per heavy atom. The van der Waals surface area contributed by atoms with Crippen molar-refractivity contribution in [2.45, 2.75) is 277 Å². The molecule has 0 aliphatic carbocycles. The van der Waals surface area contributed by atoms with Crippen molar-refractivity contribution in [3.63, 3.8) is 0 Å². The number of ether oxygens (including phenoxy) is 1. The summed E-state index contributed by atoms with van der Waals surface area (Å²) in [5, 5.41) is 23.9. The van der Waals surface area contributed by atoms with E-state index in [1.54, 1.807) is 0 Å². The lowest BCUT2D eigenvalue weighted by Crippen LogP contribution is -2.46. The van der Waals surface area contributed by atoms with E-state index in [1.807, 2.05) is 0 Å². The minimum absolute atomic E-state index is 0.0460. The van der Waals surface area contributed by atoms with E-state index < -0.39 is 18.2 Å². The van der Waals surface area contributed by atoms with Crippen molar-refractivity contribution in [2.24, 2.45) is 0 Å². The molecule has 3 unspecified atom stereocenters. The Balaban J connectivity index is 4.62. The smallest absolute Gasteiger partial charge is 0.306 e. The average Bonchev–Trinajstić information content (AvgIpc) is 3.31. The first-order valence-electron chi connectivity index (χ1n) is 27.8. The third-order valence-electron chi connectivity index (χ3n) is 12.2. The molecular formula is C60H105NO5. The van der Waals surface area contributed by atoms with Gasteiger partial charge < -0.3 is 20.3 Å². The van der Waals surface area contributed by atoms with Gasteiger partial charge in [0.1, 0.15) is 6.10 Å². The standard InChI is InChI=1S/C60H105NO5/c1-4-7-10-13-16-19-22-25-28-30-31-34-37-40-43-46-49-52-58(63)57(55-62)61-59(64)54-56(51-48-45-42-39-36-33-27-24-21-18-15-12-9-6-3)66-60(65)53-50-47-44-41-38-35-32-29-26-23-20-17-14-11-8-5-2/h8-9,11-12,17-18,20-21,26-27,29,33,35,38,56-58,62-63H,4-7,10,13-16,19,22-25,28,30-32,34,36-37,39-55H2,1-3H3,(H,61,64)/b11-8+,12-9+,20-17+,21-18+,29-26+,33-27+,38-35+. The monoisotopic (exact) mass is 920 g/mol. The van der Waals surface area contributed by atoms with Gasteiger partial charge >= 0.3 is 5.97 Å². The molecule has 0 saturated carbocycles. The van der Waals surface area contributed by atoms with E-state index in [4.69, 9.17) is 4.74 Å². The molecule has 3 atom stereocenters. The quantitative estimate of drug-likeness (QED) is 0.0321. The van der Waals surface area contributed by atoms with Gasteiger partial charge in [-0.2, -0.15) is 0 Å². The van der Waals surface area contributed by atoms with Crippen LogP contribution in [0.1, 0.15) is 258 Å². The fourth-order valence-corrected chi connectivity index (χ4v) is 8.08. The Morgan fingerprint density at radius 1 is 0.455 bits per heavy atom. The van der Waals surface area contributed by atoms with Crippen LogP contribution >= 0.6 is 0 Å². The zero-order chi connectivity index (χ0) is 48.1. The van der Waals surface area contributed by atoms with Crippen LogP contribution in [0, 0.1) is 0 Å². The summed E-state index contributed by atoms with van der Waals surface area (Å²) in [4.78, 5) is 26.2. The maximum Gasteiger partial charge on any atom is 0.306 e. The summed E-state index contributed by atoms with van der Waals surface area (Å²) in [5.74, 6) is -0.533. The molecule has 3 N–H and O–H groups in total. The SMILES string of the molecule is CC/C=C/C/C=C/C/C=C/C/C=C/CCCCCC(=O)OC(CCCCCC/C=C/C/C=C/C/C=C/CC)CC(=O)NC(CO)C(O)CCCCCCCCCCCCCCCCCCC. The molecule has 6 nitrogen and oxygen atoms in total. The molecule has 6 heteroatoms. The lowest BCUT2D eigenvalue weighted by Gasteiger charge is -2.24. The summed E-state index contributed by atoms with van der Waals surface area (Å²) >= 11 is 0. The second-order valence-corrected chi connectivity index (χ2v) is 18.6. The fraction of sp³-hybridized carbons (Fsp3) is 0.733. The van der Waals surface area contributed by atoms with Crippen LogP contribution in [0.25, 0.3) is 0 Å². The molecule has 0 aromatic heterocycles. The highest BCUT2D eigenvalue weighted by Gasteiger charge is 2.24. The van der Waals surface area contributed by atoms with Crippen molar-refractivity contribution in [2.75, 3.05) is 6.61 Å². The molecule has 0 aromatic carbocycles. The van der Waals surface area contributed by atoms with E-state index >= 15 is 0 Å². The first-order chi connectivity index (χ1) is 32.5. The average molecular weight is 921 g/mol. The highest BCUT2D eigenvalue weighted by Crippen LogP contribution is 2.18. The van der Waals surface area contributed by atoms with Crippen LogP contribution in [-0.4, -0.2) is 46.9 Å². The normalized spacial score (nSPS) is 13.8. The fourth-order valence-electron chi connectivity index (χ4n) is 8.08. The molecular weight excluding hydrogens is 815 g/mol. The number of esters is 1. The van der Waals surface area contributed by atoms with Gasteiger partial charge in [-0.05, 0) is 96.3 Å². The predicted molar refractivity (Wildman–Crippen MR) is 287 cm³/mol. The van der Waals surface area contributed by atoms with Gasteiger partial charge in [-0.25, -0.2) is 0 Å². The molecule has 0 radical (unpaired) electrons. The largest absolute Gasteiger partial charge is 0.462 e. The molecule has 0 aliphatic heterocycles. The zero-order valence-corrected chi connectivity index (χ0v) is 43.3. The highest BCUT2D eigenvalue weighted by molar-refractivity contribution is 5.77. The lowest BCUT2D eigenvalue weighted by molar-refractivity contribution is -0.151. The minimum Gasteiger partial charge on any atom is -0.462 e. The molecule has 0 rings (SSSR count). The number of hydrogen-bond acceptors (Lipinski definition) is 5. The molecule has 0 fully saturated rings. The van der Waals surface area contributed by atoms with Gasteiger partial charge in [0.15, 0.2) is 0 Å². The second-order valence-electron chi connectivity index (χ2n) is 18.6. The number of unbranched alkanes of at least 4 members (excludes halogenated alkanes) is 23. The van der Waals surface area contributed by atoms with E-state index in [0.717, 1.165) is 122 Å². The van der Waals surface area contributed by atoms with Crippen LogP contribution in [0.4, 0.5) is 0 Å². The van der Waals surface area contributed by atoms with Crippen molar-refractivity contribution in [1.82, 2.24) is 5.32 Å². The van der Waals surface area contributed by atoms with E-state index in [0.29, 0.717) is 19.3 Å². The maximum absolute atomic E-state index is 13.3. The second kappa shape index (κ2) is 53.0. The van der Waals surface area contributed by atoms with Crippen LogP contribution in [-0.2, 0) is 14.3 Å². The Bertz CT molecular complexity index is 1260. The van der Waals surface area contributed by atoms with Crippen LogP contribution in [0.3, 0.4) is 0 Å². The molecule has 0 heterocycles. The topological polar surface area (TPSA) is 95.9 Å². The van der Waals surface area contributed by atoms with Crippen LogP contribution in [0.5, 0.6) is 0 Å². The van der Waals surface area contributed by atoms with E-state index in [-0.39, 0.29) is 24.9 Å². The van der Waals surface area contributed by atoms with Gasteiger partial charge in [0.25, 0.3) is 0 Å². The number of amides is 1. The molecule has 1 amide bonds. The van der Waals surface area contributed by atoms with E-state index in [2.05, 4.69) is 111 Å². The van der Waals surface area contributed by atoms with Gasteiger partial charge in [-0.1, -0.05) is 234 Å². The van der Waals surface area contributed by atoms with Crippen molar-refractivity contribution >= 4 is 11.9 Å². The Kier molecular flexibility index (Phi) is 50.6. The van der Waals surface area contributed by atoms with Crippen LogP contribution < -0.4 is 5.32 Å². The van der Waals surface area contributed by atoms with Crippen LogP contribution in [0.15, 0.2) is 85.1 Å². The molecule has 0 aromatic rings. The van der Waals surface area contributed by atoms with E-state index in [9.17, 15) is 19.8 Å². The third kappa shape index (κ3) is 47.5. The summed E-state index contributed by atoms with van der Waals surface area (Å²) in [7, 11) is 0. The summed E-state index contributed by atoms with van der Waals surface area (Å²) in [6.45, 7) is 6.26. The summed E-state index contributed by atoms with van der Waals surface area (Å²) in [6.07, 6.45) is 69.3. The maximum atomic E-state index is 13.3. The predicted octanol–water partition coefficient (Wildman–Crippen LogP) is 17.1. The van der Waals surface area contributed by atoms with Gasteiger partial charge in [0.05, 0.1) is 25.2 Å². The summed E-state index contributed by atoms with van der Waals surface area (Å²) in [6, 6.07) is -0.721. The Labute approximate surface area is 408 Å². The van der Waals surface area contributed by atoms with Crippen molar-refractivity contribution in [1.29, 1.82) is 0 Å². The van der Waals surface area contributed by atoms with Gasteiger partial charge in [-0.3, -0.25) is 9.59 Å². The first-order valence-corrected chi connectivity index (χ1v) is 27.8. The number of hydrogen-bond donors (Lipinski definition) is 3. The number of allylic oxidation sites excluding steroid dienone is 14. The molecule has 0 spiro atoms. The molecule has 0 saturated heterocycles. The molecule has 0 bridgehead atoms. The number of aliphatic hydroxyl groups excluding tert-OH is 2. The minimum atomic E-state index is -0.805. The van der Waals surface area contributed by atoms with Crippen molar-refractivity contribution in [3.8, 4) is 0 Å². The van der Waals surface area contributed by atoms with E-state index in [1.165, 1.54) is 89.9 Å². The summed E-state index contributed by atoms with van der Waals surface area (Å²) in [5.41, 5.74) is 0. The van der Waals surface area contributed by atoms with Gasteiger partial charge in [0, 0.05) is 6.42 Å². The number of rotatable bonds is 49. The zero-order valence-electron chi connectivity index (χ0n) is 43.3. The number of carbonyl (C=O) groups is 2. The van der Waals surface area contributed by atoms with Gasteiger partial charge in [0.2, 0.25) is 5.91 Å². The highest BCUT2D eigenvalue weighted by atomic mass is 16.5. The Hall–Kier alpha value is -2.96. The third-order valence-corrected chi connectivity index (χ3v) is 12.2. The summed E-state index contributed by atoms with van der Waals surface area (Å²) < 4.78 is 5.92.